The number of β-amino-alcohol motifs (C(OH)–C–C–N with tert-alkyl or cyclic N) is 1. The zero-order valence-electron chi connectivity index (χ0n) is 16.2. The number of nitrogens with one attached hydrogen (secondary N) is 1. The predicted molar refractivity (Wildman–Crippen MR) is 109 cm³/mol. The number of rotatable bonds is 6. The van der Waals surface area contributed by atoms with Crippen LogP contribution in [0.3, 0.4) is 0 Å². The number of carbonyl (C=O) groups is 1. The van der Waals surface area contributed by atoms with E-state index in [0.29, 0.717) is 25.2 Å². The maximum Gasteiger partial charge on any atom is 0.335 e. The highest BCUT2D eigenvalue weighted by Gasteiger charge is 2.26. The standard InChI is InChI=1S/C20H21N3O6S/c1-29-18-7-5-14(20(25)26)10-19(18)30(27,28)22-16-9-13(11-21)4-6-17(16)23-8-2-3-15(24)12-23/h4-7,9-10,15,22,24H,2-3,8,12H2,1H3,(H,25,26). The first-order valence-electron chi connectivity index (χ1n) is 9.16. The van der Waals surface area contributed by atoms with Crippen molar-refractivity contribution in [1.82, 2.24) is 0 Å². The van der Waals surface area contributed by atoms with E-state index in [9.17, 15) is 28.7 Å². The summed E-state index contributed by atoms with van der Waals surface area (Å²) in [5, 5.41) is 28.4. The first kappa shape index (κ1) is 21.4. The second-order valence-corrected chi connectivity index (χ2v) is 8.51. The molecule has 1 unspecified atom stereocenters. The van der Waals surface area contributed by atoms with E-state index in [4.69, 9.17) is 4.74 Å². The Morgan fingerprint density at radius 3 is 2.70 bits per heavy atom. The largest absolute Gasteiger partial charge is 0.495 e. The van der Waals surface area contributed by atoms with E-state index in [1.54, 1.807) is 12.1 Å². The van der Waals surface area contributed by atoms with Crippen LogP contribution in [0.25, 0.3) is 0 Å². The number of anilines is 2. The van der Waals surface area contributed by atoms with Crippen molar-refractivity contribution in [3.8, 4) is 11.8 Å². The summed E-state index contributed by atoms with van der Waals surface area (Å²) in [5.74, 6) is -1.29. The van der Waals surface area contributed by atoms with Gasteiger partial charge >= 0.3 is 5.97 Å². The van der Waals surface area contributed by atoms with Gasteiger partial charge in [-0.25, -0.2) is 13.2 Å². The molecule has 1 atom stereocenters. The number of nitrogens with zero attached hydrogens (tertiary/aromatic N) is 2. The number of aliphatic hydroxyl groups is 1. The zero-order valence-corrected chi connectivity index (χ0v) is 17.0. The molecule has 2 aromatic rings. The SMILES string of the molecule is COc1ccc(C(=O)O)cc1S(=O)(=O)Nc1cc(C#N)ccc1N1CCCC(O)C1. The summed E-state index contributed by atoms with van der Waals surface area (Å²) in [6.07, 6.45) is 0.862. The molecule has 158 valence electrons. The number of aliphatic hydroxyl groups excluding tert-OH is 1. The van der Waals surface area contributed by atoms with Crippen molar-refractivity contribution >= 4 is 27.4 Å². The average molecular weight is 431 g/mol. The van der Waals surface area contributed by atoms with E-state index in [0.717, 1.165) is 12.5 Å². The molecule has 1 heterocycles. The van der Waals surface area contributed by atoms with Crippen molar-refractivity contribution in [2.24, 2.45) is 0 Å². The number of carboxylic acid groups (broad SMARTS) is 1. The molecule has 10 heteroatoms. The Morgan fingerprint density at radius 1 is 1.30 bits per heavy atom. The lowest BCUT2D eigenvalue weighted by Crippen LogP contribution is -2.38. The van der Waals surface area contributed by atoms with E-state index in [1.165, 1.54) is 25.3 Å². The molecule has 0 radical (unpaired) electrons. The molecule has 3 N–H and O–H groups in total. The topological polar surface area (TPSA) is 140 Å². The van der Waals surface area contributed by atoms with Gasteiger partial charge in [0.1, 0.15) is 10.6 Å². The van der Waals surface area contributed by atoms with Crippen LogP contribution in [-0.4, -0.2) is 50.9 Å². The molecule has 0 aromatic heterocycles. The number of sulfonamides is 1. The van der Waals surface area contributed by atoms with E-state index in [2.05, 4.69) is 4.72 Å². The van der Waals surface area contributed by atoms with E-state index in [-0.39, 0.29) is 27.5 Å². The predicted octanol–water partition coefficient (Wildman–Crippen LogP) is 2.03. The first-order valence-corrected chi connectivity index (χ1v) is 10.6. The van der Waals surface area contributed by atoms with Gasteiger partial charge < -0.3 is 19.8 Å². The minimum Gasteiger partial charge on any atom is -0.495 e. The molecule has 1 fully saturated rings. The summed E-state index contributed by atoms with van der Waals surface area (Å²) in [7, 11) is -2.97. The Labute approximate surface area is 174 Å². The minimum absolute atomic E-state index is 0.0149. The van der Waals surface area contributed by atoms with E-state index >= 15 is 0 Å². The maximum atomic E-state index is 13.1. The lowest BCUT2D eigenvalue weighted by molar-refractivity contribution is 0.0696. The molecule has 0 saturated carbocycles. The highest BCUT2D eigenvalue weighted by molar-refractivity contribution is 7.92. The fraction of sp³-hybridized carbons (Fsp3) is 0.300. The molecule has 0 amide bonds. The highest BCUT2D eigenvalue weighted by Crippen LogP contribution is 2.33. The number of ether oxygens (including phenoxy) is 1. The van der Waals surface area contributed by atoms with Gasteiger partial charge in [0.15, 0.2) is 0 Å². The van der Waals surface area contributed by atoms with Crippen molar-refractivity contribution in [3.63, 3.8) is 0 Å². The lowest BCUT2D eigenvalue weighted by atomic mass is 10.1. The number of carboxylic acids is 1. The molecular formula is C20H21N3O6S. The molecule has 1 saturated heterocycles. The molecule has 1 aliphatic heterocycles. The normalized spacial score (nSPS) is 16.6. The number of piperidine rings is 1. The number of hydrogen-bond donors (Lipinski definition) is 3. The van der Waals surface area contributed by atoms with Crippen LogP contribution in [0.5, 0.6) is 5.75 Å². The van der Waals surface area contributed by atoms with Crippen LogP contribution in [0.1, 0.15) is 28.8 Å². The van der Waals surface area contributed by atoms with Crippen LogP contribution >= 0.6 is 0 Å². The van der Waals surface area contributed by atoms with Gasteiger partial charge in [0, 0.05) is 13.1 Å². The number of aromatic carboxylic acids is 1. The Hall–Kier alpha value is -3.29. The van der Waals surface area contributed by atoms with E-state index in [1.807, 2.05) is 11.0 Å². The third kappa shape index (κ3) is 4.48. The van der Waals surface area contributed by atoms with Crippen LogP contribution in [0.15, 0.2) is 41.3 Å². The fourth-order valence-corrected chi connectivity index (χ4v) is 4.62. The first-order chi connectivity index (χ1) is 14.2. The summed E-state index contributed by atoms with van der Waals surface area (Å²) >= 11 is 0. The van der Waals surface area contributed by atoms with Gasteiger partial charge in [-0.3, -0.25) is 4.72 Å². The van der Waals surface area contributed by atoms with Gasteiger partial charge in [-0.15, -0.1) is 0 Å². The Morgan fingerprint density at radius 2 is 2.07 bits per heavy atom. The van der Waals surface area contributed by atoms with Crippen molar-refractivity contribution in [1.29, 1.82) is 5.26 Å². The smallest absolute Gasteiger partial charge is 0.335 e. The molecule has 3 rings (SSSR count). The van der Waals surface area contributed by atoms with Gasteiger partial charge in [0.25, 0.3) is 10.0 Å². The van der Waals surface area contributed by atoms with Crippen LogP contribution in [0.2, 0.25) is 0 Å². The third-order valence-corrected chi connectivity index (χ3v) is 6.19. The number of methoxy groups -OCH3 is 1. The zero-order chi connectivity index (χ0) is 21.9. The van der Waals surface area contributed by atoms with Crippen molar-refractivity contribution in [2.75, 3.05) is 29.8 Å². The number of benzene rings is 2. The van der Waals surface area contributed by atoms with Crippen molar-refractivity contribution < 1.29 is 28.2 Å². The summed E-state index contributed by atoms with van der Waals surface area (Å²) in [5.41, 5.74) is 0.720. The highest BCUT2D eigenvalue weighted by atomic mass is 32.2. The molecule has 30 heavy (non-hydrogen) atoms. The summed E-state index contributed by atoms with van der Waals surface area (Å²) < 4.78 is 33.8. The molecule has 0 aliphatic carbocycles. The Balaban J connectivity index is 2.05. The molecule has 0 spiro atoms. The summed E-state index contributed by atoms with van der Waals surface area (Å²) in [4.78, 5) is 12.8. The van der Waals surface area contributed by atoms with Crippen molar-refractivity contribution in [2.45, 2.75) is 23.8 Å². The molecule has 2 aromatic carbocycles. The second-order valence-electron chi connectivity index (χ2n) is 6.86. The monoisotopic (exact) mass is 431 g/mol. The second kappa shape index (κ2) is 8.61. The third-order valence-electron chi connectivity index (χ3n) is 4.81. The fourth-order valence-electron chi connectivity index (χ4n) is 3.36. The summed E-state index contributed by atoms with van der Waals surface area (Å²) in [6, 6.07) is 10.1. The lowest BCUT2D eigenvalue weighted by Gasteiger charge is -2.33. The van der Waals surface area contributed by atoms with Gasteiger partial charge in [0.2, 0.25) is 0 Å². The molecule has 0 bridgehead atoms. The van der Waals surface area contributed by atoms with Crippen molar-refractivity contribution in [3.05, 3.63) is 47.5 Å². The van der Waals surface area contributed by atoms with Gasteiger partial charge in [0.05, 0.1) is 41.8 Å². The maximum absolute atomic E-state index is 13.1. The van der Waals surface area contributed by atoms with Crippen LogP contribution in [0, 0.1) is 11.3 Å². The Bertz CT molecular complexity index is 1110. The van der Waals surface area contributed by atoms with Gasteiger partial charge in [-0.2, -0.15) is 5.26 Å². The van der Waals surface area contributed by atoms with Crippen LogP contribution < -0.4 is 14.4 Å². The molecular weight excluding hydrogens is 410 g/mol. The Kier molecular flexibility index (Phi) is 6.14. The average Bonchev–Trinajstić information content (AvgIpc) is 2.72. The minimum atomic E-state index is -4.25. The van der Waals surface area contributed by atoms with Crippen LogP contribution in [0.4, 0.5) is 11.4 Å². The van der Waals surface area contributed by atoms with Gasteiger partial charge in [-0.1, -0.05) is 0 Å². The summed E-state index contributed by atoms with van der Waals surface area (Å²) in [6.45, 7) is 0.952. The van der Waals surface area contributed by atoms with Gasteiger partial charge in [-0.05, 0) is 49.2 Å². The number of hydrogen-bond acceptors (Lipinski definition) is 7. The quantitative estimate of drug-likeness (QED) is 0.631. The van der Waals surface area contributed by atoms with Crippen LogP contribution in [-0.2, 0) is 10.0 Å². The molecule has 1 aliphatic rings. The number of nitriles is 1. The molecule has 9 nitrogen and oxygen atoms in total. The van der Waals surface area contributed by atoms with E-state index < -0.39 is 22.1 Å².